The van der Waals surface area contributed by atoms with Gasteiger partial charge in [-0.3, -0.25) is 0 Å². The van der Waals surface area contributed by atoms with Crippen LogP contribution in [-0.2, 0) is 9.47 Å². The molecule has 1 aromatic carbocycles. The molecular formula is C15H19ClO4. The van der Waals surface area contributed by atoms with Gasteiger partial charge in [0.1, 0.15) is 0 Å². The Morgan fingerprint density at radius 2 is 1.70 bits per heavy atom. The van der Waals surface area contributed by atoms with Crippen LogP contribution in [0.15, 0.2) is 12.1 Å². The SMILES string of the molecule is CCOC(=O)c1cc(C)c(Cl)cc1C(=O)OCC(C)C. The lowest BCUT2D eigenvalue weighted by Gasteiger charge is -2.12. The molecule has 0 aliphatic heterocycles. The molecule has 20 heavy (non-hydrogen) atoms. The Hall–Kier alpha value is -1.55. The van der Waals surface area contributed by atoms with E-state index in [0.717, 1.165) is 0 Å². The normalized spacial score (nSPS) is 10.5. The molecule has 0 fully saturated rings. The molecule has 5 heteroatoms. The second-order valence-corrected chi connectivity index (χ2v) is 5.27. The molecule has 0 radical (unpaired) electrons. The third kappa shape index (κ3) is 4.23. The quantitative estimate of drug-likeness (QED) is 0.779. The first-order valence-corrected chi connectivity index (χ1v) is 6.89. The fraction of sp³-hybridized carbons (Fsp3) is 0.467. The first kappa shape index (κ1) is 16.5. The van der Waals surface area contributed by atoms with E-state index in [9.17, 15) is 9.59 Å². The van der Waals surface area contributed by atoms with Crippen LogP contribution >= 0.6 is 11.6 Å². The zero-order valence-corrected chi connectivity index (χ0v) is 12.9. The van der Waals surface area contributed by atoms with E-state index < -0.39 is 11.9 Å². The van der Waals surface area contributed by atoms with Crippen LogP contribution in [0.25, 0.3) is 0 Å². The van der Waals surface area contributed by atoms with E-state index in [-0.39, 0.29) is 30.3 Å². The molecule has 0 atom stereocenters. The number of hydrogen-bond donors (Lipinski definition) is 0. The summed E-state index contributed by atoms with van der Waals surface area (Å²) in [6, 6.07) is 3.00. The van der Waals surface area contributed by atoms with Crippen molar-refractivity contribution in [2.45, 2.75) is 27.7 Å². The molecular weight excluding hydrogens is 280 g/mol. The monoisotopic (exact) mass is 298 g/mol. The van der Waals surface area contributed by atoms with Gasteiger partial charge in [0.05, 0.1) is 24.3 Å². The summed E-state index contributed by atoms with van der Waals surface area (Å²) in [4.78, 5) is 24.0. The van der Waals surface area contributed by atoms with E-state index in [4.69, 9.17) is 21.1 Å². The van der Waals surface area contributed by atoms with E-state index in [1.165, 1.54) is 6.07 Å². The molecule has 0 spiro atoms. The van der Waals surface area contributed by atoms with Crippen LogP contribution in [0, 0.1) is 12.8 Å². The van der Waals surface area contributed by atoms with Gasteiger partial charge in [-0.2, -0.15) is 0 Å². The van der Waals surface area contributed by atoms with E-state index in [1.807, 2.05) is 13.8 Å². The smallest absolute Gasteiger partial charge is 0.339 e. The predicted molar refractivity (Wildman–Crippen MR) is 77.3 cm³/mol. The lowest BCUT2D eigenvalue weighted by molar-refractivity contribution is 0.0435. The summed E-state index contributed by atoms with van der Waals surface area (Å²) in [6.07, 6.45) is 0. The third-order valence-corrected chi connectivity index (χ3v) is 2.97. The van der Waals surface area contributed by atoms with Gasteiger partial charge in [0, 0.05) is 5.02 Å². The highest BCUT2D eigenvalue weighted by atomic mass is 35.5. The summed E-state index contributed by atoms with van der Waals surface area (Å²) in [5.74, 6) is -0.904. The van der Waals surface area contributed by atoms with E-state index in [2.05, 4.69) is 0 Å². The molecule has 0 aromatic heterocycles. The van der Waals surface area contributed by atoms with Crippen molar-refractivity contribution in [3.8, 4) is 0 Å². The van der Waals surface area contributed by atoms with Gasteiger partial charge in [0.15, 0.2) is 0 Å². The lowest BCUT2D eigenvalue weighted by atomic mass is 10.0. The van der Waals surface area contributed by atoms with Crippen molar-refractivity contribution in [1.82, 2.24) is 0 Å². The molecule has 1 aromatic rings. The number of esters is 2. The predicted octanol–water partition coefficient (Wildman–Crippen LogP) is 3.64. The number of ether oxygens (including phenoxy) is 2. The zero-order valence-electron chi connectivity index (χ0n) is 12.2. The standard InChI is InChI=1S/C15H19ClO4/c1-5-19-14(17)11-6-10(4)13(16)7-12(11)15(18)20-8-9(2)3/h6-7,9H,5,8H2,1-4H3. The number of rotatable bonds is 5. The van der Waals surface area contributed by atoms with Gasteiger partial charge in [-0.25, -0.2) is 9.59 Å². The highest BCUT2D eigenvalue weighted by molar-refractivity contribution is 6.32. The van der Waals surface area contributed by atoms with Crippen molar-refractivity contribution < 1.29 is 19.1 Å². The van der Waals surface area contributed by atoms with Gasteiger partial charge in [0.25, 0.3) is 0 Å². The molecule has 0 saturated heterocycles. The second kappa shape index (κ2) is 7.29. The Balaban J connectivity index is 3.12. The van der Waals surface area contributed by atoms with Crippen molar-refractivity contribution in [2.75, 3.05) is 13.2 Å². The average Bonchev–Trinajstić information content (AvgIpc) is 2.38. The van der Waals surface area contributed by atoms with Crippen LogP contribution in [0.1, 0.15) is 47.1 Å². The summed E-state index contributed by atoms with van der Waals surface area (Å²) in [5.41, 5.74) is 1.03. The second-order valence-electron chi connectivity index (χ2n) is 4.86. The van der Waals surface area contributed by atoms with E-state index in [1.54, 1.807) is 19.9 Å². The summed E-state index contributed by atoms with van der Waals surface area (Å²) in [5, 5.41) is 0.412. The molecule has 0 bridgehead atoms. The highest BCUT2D eigenvalue weighted by Gasteiger charge is 2.21. The number of hydrogen-bond acceptors (Lipinski definition) is 4. The Morgan fingerprint density at radius 1 is 1.15 bits per heavy atom. The van der Waals surface area contributed by atoms with Gasteiger partial charge in [-0.05, 0) is 37.5 Å². The first-order valence-electron chi connectivity index (χ1n) is 6.51. The largest absolute Gasteiger partial charge is 0.462 e. The van der Waals surface area contributed by atoms with Gasteiger partial charge in [0.2, 0.25) is 0 Å². The Morgan fingerprint density at radius 3 is 2.25 bits per heavy atom. The molecule has 0 aliphatic carbocycles. The van der Waals surface area contributed by atoms with Crippen LogP contribution in [0.3, 0.4) is 0 Å². The molecule has 110 valence electrons. The maximum Gasteiger partial charge on any atom is 0.339 e. The van der Waals surface area contributed by atoms with Crippen LogP contribution < -0.4 is 0 Å². The molecule has 0 saturated carbocycles. The number of carbonyl (C=O) groups is 2. The number of halogens is 1. The minimum atomic E-state index is -0.566. The fourth-order valence-corrected chi connectivity index (χ4v) is 1.71. The van der Waals surface area contributed by atoms with Crippen LogP contribution in [0.5, 0.6) is 0 Å². The molecule has 0 N–H and O–H groups in total. The fourth-order valence-electron chi connectivity index (χ4n) is 1.55. The Labute approximate surface area is 124 Å². The summed E-state index contributed by atoms with van der Waals surface area (Å²) >= 11 is 6.01. The number of benzene rings is 1. The maximum absolute atomic E-state index is 12.1. The van der Waals surface area contributed by atoms with Crippen molar-refractivity contribution in [2.24, 2.45) is 5.92 Å². The lowest BCUT2D eigenvalue weighted by Crippen LogP contribution is -2.16. The summed E-state index contributed by atoms with van der Waals surface area (Å²) < 4.78 is 10.1. The van der Waals surface area contributed by atoms with Gasteiger partial charge in [-0.15, -0.1) is 0 Å². The topological polar surface area (TPSA) is 52.6 Å². The minimum Gasteiger partial charge on any atom is -0.462 e. The van der Waals surface area contributed by atoms with Crippen LogP contribution in [0.4, 0.5) is 0 Å². The molecule has 4 nitrogen and oxygen atoms in total. The summed E-state index contributed by atoms with van der Waals surface area (Å²) in [6.45, 7) is 7.85. The molecule has 0 heterocycles. The van der Waals surface area contributed by atoms with Crippen LogP contribution in [0.2, 0.25) is 5.02 Å². The highest BCUT2D eigenvalue weighted by Crippen LogP contribution is 2.23. The van der Waals surface area contributed by atoms with Gasteiger partial charge in [-0.1, -0.05) is 25.4 Å². The third-order valence-electron chi connectivity index (χ3n) is 2.56. The number of aryl methyl sites for hydroxylation is 1. The number of carbonyl (C=O) groups excluding carboxylic acids is 2. The van der Waals surface area contributed by atoms with Gasteiger partial charge < -0.3 is 9.47 Å². The van der Waals surface area contributed by atoms with Crippen molar-refractivity contribution in [1.29, 1.82) is 0 Å². The van der Waals surface area contributed by atoms with E-state index in [0.29, 0.717) is 10.6 Å². The van der Waals surface area contributed by atoms with Crippen LogP contribution in [-0.4, -0.2) is 25.2 Å². The molecule has 1 rings (SSSR count). The summed E-state index contributed by atoms with van der Waals surface area (Å²) in [7, 11) is 0. The van der Waals surface area contributed by atoms with E-state index >= 15 is 0 Å². The average molecular weight is 299 g/mol. The van der Waals surface area contributed by atoms with Gasteiger partial charge >= 0.3 is 11.9 Å². The first-order chi connectivity index (χ1) is 9.36. The maximum atomic E-state index is 12.1. The van der Waals surface area contributed by atoms with Crippen molar-refractivity contribution in [3.63, 3.8) is 0 Å². The Kier molecular flexibility index (Phi) is 6.02. The minimum absolute atomic E-state index is 0.139. The Bertz CT molecular complexity index is 509. The zero-order chi connectivity index (χ0) is 15.3. The van der Waals surface area contributed by atoms with Crippen molar-refractivity contribution >= 4 is 23.5 Å². The molecule has 0 aliphatic rings. The molecule has 0 unspecified atom stereocenters. The molecule has 0 amide bonds. The van der Waals surface area contributed by atoms with Crippen molar-refractivity contribution in [3.05, 3.63) is 33.8 Å².